The smallest absolute Gasteiger partial charge is 0.267 e. The van der Waals surface area contributed by atoms with Gasteiger partial charge in [0.1, 0.15) is 12.1 Å². The van der Waals surface area contributed by atoms with Gasteiger partial charge in [-0.3, -0.25) is 4.79 Å². The molecule has 0 amide bonds. The van der Waals surface area contributed by atoms with Crippen LogP contribution < -0.4 is 0 Å². The quantitative estimate of drug-likeness (QED) is 0.655. The number of Topliss-reactive ketones (excluding diaryl/α,β-unsaturated/α-hetero) is 1. The first-order chi connectivity index (χ1) is 14.3. The lowest BCUT2D eigenvalue weighted by Crippen LogP contribution is -2.44. The summed E-state index contributed by atoms with van der Waals surface area (Å²) < 4.78 is 26.6. The predicted octanol–water partition coefficient (Wildman–Crippen LogP) is 4.57. The maximum absolute atomic E-state index is 13.3. The molecule has 0 aromatic carbocycles. The van der Waals surface area contributed by atoms with Crippen LogP contribution in [-0.4, -0.2) is 37.9 Å². The highest BCUT2D eigenvalue weighted by molar-refractivity contribution is 5.81. The predicted molar refractivity (Wildman–Crippen MR) is 109 cm³/mol. The number of carbonyl (C=O) groups is 1. The fourth-order valence-corrected chi connectivity index (χ4v) is 6.31. The van der Waals surface area contributed by atoms with E-state index in [9.17, 15) is 18.7 Å². The van der Waals surface area contributed by atoms with E-state index in [0.717, 1.165) is 50.5 Å². The van der Waals surface area contributed by atoms with Crippen molar-refractivity contribution in [1.82, 2.24) is 15.0 Å². The van der Waals surface area contributed by atoms with Crippen LogP contribution in [0.1, 0.15) is 71.1 Å². The Morgan fingerprint density at radius 2 is 2.03 bits per heavy atom. The second kappa shape index (κ2) is 8.48. The number of rotatable bonds is 7. The van der Waals surface area contributed by atoms with Gasteiger partial charge < -0.3 is 5.11 Å². The van der Waals surface area contributed by atoms with Crippen molar-refractivity contribution in [3.8, 4) is 0 Å². The molecule has 2 fully saturated rings. The fraction of sp³-hybridized carbons (Fsp3) is 0.783. The number of hydrogen-bond donors (Lipinski definition) is 1. The van der Waals surface area contributed by atoms with Gasteiger partial charge in [-0.2, -0.15) is 15.0 Å². The molecule has 5 atom stereocenters. The minimum atomic E-state index is -2.69. The second-order valence-corrected chi connectivity index (χ2v) is 10.0. The first-order valence-corrected chi connectivity index (χ1v) is 11.4. The summed E-state index contributed by atoms with van der Waals surface area (Å²) >= 11 is 0. The van der Waals surface area contributed by atoms with Gasteiger partial charge in [0, 0.05) is 12.3 Å². The Morgan fingerprint density at radius 3 is 2.77 bits per heavy atom. The highest BCUT2D eigenvalue weighted by Gasteiger charge is 2.47. The maximum atomic E-state index is 13.3. The van der Waals surface area contributed by atoms with Gasteiger partial charge in [-0.15, -0.1) is 0 Å². The maximum Gasteiger partial charge on any atom is 0.267 e. The zero-order valence-electron chi connectivity index (χ0n) is 17.8. The lowest BCUT2D eigenvalue weighted by atomic mass is 9.64. The molecule has 0 saturated heterocycles. The summed E-state index contributed by atoms with van der Waals surface area (Å²) in [6, 6.07) is 0. The number of hydrogen-bond acceptors (Lipinski definition) is 4. The van der Waals surface area contributed by atoms with E-state index in [0.29, 0.717) is 18.3 Å². The number of aromatic nitrogens is 3. The largest absolute Gasteiger partial charge is 0.384 e. The van der Waals surface area contributed by atoms with Gasteiger partial charge in [-0.1, -0.05) is 25.0 Å². The van der Waals surface area contributed by atoms with E-state index >= 15 is 0 Å². The van der Waals surface area contributed by atoms with Crippen LogP contribution in [0, 0.1) is 23.2 Å². The van der Waals surface area contributed by atoms with Crippen LogP contribution >= 0.6 is 0 Å². The summed E-state index contributed by atoms with van der Waals surface area (Å²) in [6.45, 7) is 2.48. The summed E-state index contributed by atoms with van der Waals surface area (Å²) in [4.78, 5) is 14.4. The van der Waals surface area contributed by atoms with E-state index in [4.69, 9.17) is 0 Å². The van der Waals surface area contributed by atoms with Crippen molar-refractivity contribution >= 4 is 5.78 Å². The van der Waals surface area contributed by atoms with Crippen molar-refractivity contribution in [2.45, 2.75) is 89.7 Å². The van der Waals surface area contributed by atoms with Crippen LogP contribution in [0.25, 0.3) is 0 Å². The summed E-state index contributed by atoms with van der Waals surface area (Å²) in [5.41, 5.74) is -0.821. The molecule has 3 aliphatic rings. The standard InChI is InChI=1S/C23H33F2N3O2/c1-22(9-3-6-19(22)20(29)15-28-26-12-13-27-28)10-7-16-4-2-5-17-14-23(30,21(24)25)11-8-18(16)17/h5,12-13,16,18-19,21,30H,2-4,6-11,14-15H2,1H3. The van der Waals surface area contributed by atoms with Crippen LogP contribution in [0.5, 0.6) is 0 Å². The van der Waals surface area contributed by atoms with E-state index in [2.05, 4.69) is 23.2 Å². The number of alkyl halides is 2. The zero-order chi connectivity index (χ0) is 21.4. The molecule has 5 nitrogen and oxygen atoms in total. The number of fused-ring (bicyclic) bond motifs is 1. The lowest BCUT2D eigenvalue weighted by Gasteiger charge is -2.43. The van der Waals surface area contributed by atoms with Crippen molar-refractivity contribution in [3.63, 3.8) is 0 Å². The molecule has 0 spiro atoms. The van der Waals surface area contributed by atoms with E-state index in [-0.39, 0.29) is 36.5 Å². The van der Waals surface area contributed by atoms with Crippen LogP contribution in [0.3, 0.4) is 0 Å². The molecule has 5 unspecified atom stereocenters. The Bertz CT molecular complexity index is 781. The topological polar surface area (TPSA) is 68.0 Å². The molecule has 1 heterocycles. The van der Waals surface area contributed by atoms with Gasteiger partial charge in [0.2, 0.25) is 0 Å². The molecule has 4 rings (SSSR count). The van der Waals surface area contributed by atoms with Gasteiger partial charge in [0.05, 0.1) is 12.4 Å². The van der Waals surface area contributed by atoms with Crippen molar-refractivity contribution in [1.29, 1.82) is 0 Å². The molecule has 0 aliphatic heterocycles. The number of halogens is 2. The summed E-state index contributed by atoms with van der Waals surface area (Å²) in [6.07, 6.45) is 10.6. The van der Waals surface area contributed by atoms with Gasteiger partial charge in [0.15, 0.2) is 5.78 Å². The number of nitrogens with zero attached hydrogens (tertiary/aromatic N) is 3. The third kappa shape index (κ3) is 4.23. The Kier molecular flexibility index (Phi) is 6.11. The minimum absolute atomic E-state index is 0.00998. The Morgan fingerprint density at radius 1 is 1.27 bits per heavy atom. The summed E-state index contributed by atoms with van der Waals surface area (Å²) in [5.74, 6) is 1.03. The molecule has 0 bridgehead atoms. The number of allylic oxidation sites excluding steroid dienone is 1. The normalized spacial score (nSPS) is 36.6. The highest BCUT2D eigenvalue weighted by atomic mass is 19.3. The van der Waals surface area contributed by atoms with E-state index in [1.54, 1.807) is 12.4 Å². The summed E-state index contributed by atoms with van der Waals surface area (Å²) in [5, 5.41) is 18.4. The average Bonchev–Trinajstić information content (AvgIpc) is 3.35. The van der Waals surface area contributed by atoms with Crippen molar-refractivity contribution < 1.29 is 18.7 Å². The molecule has 1 N–H and O–H groups in total. The molecular formula is C23H33F2N3O2. The molecule has 1 aromatic rings. The Labute approximate surface area is 176 Å². The number of ketones is 1. The number of aliphatic hydroxyl groups is 1. The minimum Gasteiger partial charge on any atom is -0.384 e. The molecular weight excluding hydrogens is 388 g/mol. The van der Waals surface area contributed by atoms with E-state index in [1.807, 2.05) is 0 Å². The van der Waals surface area contributed by atoms with Crippen molar-refractivity contribution in [2.75, 3.05) is 0 Å². The number of carbonyl (C=O) groups excluding carboxylic acids is 1. The van der Waals surface area contributed by atoms with Crippen LogP contribution in [-0.2, 0) is 11.3 Å². The SMILES string of the molecule is CC1(CCC2CCC=C3CC(O)(C(F)F)CCC32)CCCC1C(=O)Cn1nccn1. The first-order valence-electron chi connectivity index (χ1n) is 11.4. The molecule has 1 aromatic heterocycles. The fourth-order valence-electron chi connectivity index (χ4n) is 6.31. The average molecular weight is 422 g/mol. The molecule has 2 saturated carbocycles. The van der Waals surface area contributed by atoms with Gasteiger partial charge >= 0.3 is 0 Å². The van der Waals surface area contributed by atoms with Crippen LogP contribution in [0.15, 0.2) is 24.0 Å². The van der Waals surface area contributed by atoms with Gasteiger partial charge in [-0.25, -0.2) is 8.78 Å². The molecule has 30 heavy (non-hydrogen) atoms. The molecule has 3 aliphatic carbocycles. The first kappa shape index (κ1) is 21.6. The molecule has 166 valence electrons. The third-order valence-corrected chi connectivity index (χ3v) is 8.11. The Hall–Kier alpha value is -1.63. The zero-order valence-corrected chi connectivity index (χ0v) is 17.8. The molecule has 0 radical (unpaired) electrons. The lowest BCUT2D eigenvalue weighted by molar-refractivity contribution is -0.127. The highest BCUT2D eigenvalue weighted by Crippen LogP contribution is 2.51. The van der Waals surface area contributed by atoms with E-state index in [1.165, 1.54) is 4.80 Å². The van der Waals surface area contributed by atoms with Crippen LogP contribution in [0.2, 0.25) is 0 Å². The van der Waals surface area contributed by atoms with Crippen LogP contribution in [0.4, 0.5) is 8.78 Å². The molecule has 7 heteroatoms. The Balaban J connectivity index is 1.38. The van der Waals surface area contributed by atoms with E-state index < -0.39 is 12.0 Å². The van der Waals surface area contributed by atoms with Gasteiger partial charge in [0.25, 0.3) is 6.43 Å². The third-order valence-electron chi connectivity index (χ3n) is 8.11. The summed E-state index contributed by atoms with van der Waals surface area (Å²) in [7, 11) is 0. The van der Waals surface area contributed by atoms with Crippen molar-refractivity contribution in [3.05, 3.63) is 24.0 Å². The van der Waals surface area contributed by atoms with Crippen molar-refractivity contribution in [2.24, 2.45) is 23.2 Å². The second-order valence-electron chi connectivity index (χ2n) is 10.0. The van der Waals surface area contributed by atoms with Gasteiger partial charge in [-0.05, 0) is 68.6 Å². The monoisotopic (exact) mass is 421 g/mol.